The fourth-order valence-corrected chi connectivity index (χ4v) is 6.36. The first kappa shape index (κ1) is 26.4. The van der Waals surface area contributed by atoms with E-state index < -0.39 is 29.1 Å². The molecule has 1 aromatic rings. The number of carbonyl (C=O) groups is 3. The summed E-state index contributed by atoms with van der Waals surface area (Å²) < 4.78 is 11.8. The monoisotopic (exact) mass is 501 g/mol. The number of aliphatic hydroxyl groups is 1. The van der Waals surface area contributed by atoms with Crippen LogP contribution in [0.3, 0.4) is 0 Å². The Hall–Kier alpha value is -2.65. The number of carbonyl (C=O) groups excluding carboxylic acids is 3. The number of likely N-dealkylation sites (tertiary alicyclic amines) is 1. The summed E-state index contributed by atoms with van der Waals surface area (Å²) in [4.78, 5) is 42.6. The van der Waals surface area contributed by atoms with Crippen molar-refractivity contribution in [3.05, 3.63) is 24.3 Å². The van der Waals surface area contributed by atoms with E-state index in [2.05, 4.69) is 10.6 Å². The van der Waals surface area contributed by atoms with Crippen molar-refractivity contribution in [2.75, 3.05) is 32.1 Å². The van der Waals surface area contributed by atoms with Crippen molar-refractivity contribution in [2.45, 2.75) is 76.0 Å². The van der Waals surface area contributed by atoms with Gasteiger partial charge in [-0.3, -0.25) is 14.4 Å². The molecule has 36 heavy (non-hydrogen) atoms. The van der Waals surface area contributed by atoms with E-state index in [4.69, 9.17) is 14.6 Å². The minimum absolute atomic E-state index is 0.141. The SMILES string of the molecule is CCCNC(=O)[C@H]1[C@H]2C(=O)N(CCCCCCO)C(C(=O)Nc3ccc(OC)cc3)C23CC[C@]1(C)O3. The van der Waals surface area contributed by atoms with Crippen molar-refractivity contribution in [1.82, 2.24) is 10.2 Å². The standard InChI is InChI=1S/C27H39N3O6/c1-4-15-28-23(32)20-21-25(34)30(16-7-5-6-8-17-31)22(27(21)14-13-26(20,2)36-27)24(33)29-18-9-11-19(35-3)12-10-18/h9-12,20-22,31H,4-8,13-17H2,1-3H3,(H,28,32)(H,29,33)/t20-,21+,22?,26+,27?/m1/s1. The van der Waals surface area contributed by atoms with Gasteiger partial charge < -0.3 is 30.1 Å². The summed E-state index contributed by atoms with van der Waals surface area (Å²) in [6.07, 6.45) is 5.09. The number of ether oxygens (including phenoxy) is 2. The van der Waals surface area contributed by atoms with E-state index >= 15 is 0 Å². The third-order valence-corrected chi connectivity index (χ3v) is 8.02. The molecule has 3 N–H and O–H groups in total. The molecule has 5 atom stereocenters. The number of methoxy groups -OCH3 is 1. The average Bonchev–Trinajstić information content (AvgIpc) is 3.43. The van der Waals surface area contributed by atoms with Crippen LogP contribution >= 0.6 is 0 Å². The second kappa shape index (κ2) is 10.8. The molecule has 1 spiro atoms. The van der Waals surface area contributed by atoms with Crippen LogP contribution < -0.4 is 15.4 Å². The van der Waals surface area contributed by atoms with Crippen LogP contribution in [0.1, 0.15) is 58.8 Å². The van der Waals surface area contributed by atoms with Crippen LogP contribution in [-0.2, 0) is 19.1 Å². The average molecular weight is 502 g/mol. The second-order valence-electron chi connectivity index (χ2n) is 10.4. The van der Waals surface area contributed by atoms with Gasteiger partial charge in [-0.2, -0.15) is 0 Å². The summed E-state index contributed by atoms with van der Waals surface area (Å²) in [5.74, 6) is -1.27. The summed E-state index contributed by atoms with van der Waals surface area (Å²) in [5.41, 5.74) is -1.20. The first-order chi connectivity index (χ1) is 17.3. The Morgan fingerprint density at radius 1 is 1.14 bits per heavy atom. The highest BCUT2D eigenvalue weighted by Gasteiger charge is 2.77. The van der Waals surface area contributed by atoms with Crippen LogP contribution in [-0.4, -0.2) is 71.8 Å². The number of aliphatic hydroxyl groups excluding tert-OH is 1. The lowest BCUT2D eigenvalue weighted by atomic mass is 9.66. The largest absolute Gasteiger partial charge is 0.497 e. The Balaban J connectivity index is 1.62. The van der Waals surface area contributed by atoms with Crippen molar-refractivity contribution in [3.8, 4) is 5.75 Å². The topological polar surface area (TPSA) is 117 Å². The van der Waals surface area contributed by atoms with Crippen LogP contribution in [0.5, 0.6) is 5.75 Å². The van der Waals surface area contributed by atoms with Gasteiger partial charge in [0.2, 0.25) is 17.7 Å². The van der Waals surface area contributed by atoms with Gasteiger partial charge in [0.15, 0.2) is 0 Å². The molecular formula is C27H39N3O6. The maximum Gasteiger partial charge on any atom is 0.250 e. The van der Waals surface area contributed by atoms with Gasteiger partial charge in [0, 0.05) is 25.4 Å². The quantitative estimate of drug-likeness (QED) is 0.379. The summed E-state index contributed by atoms with van der Waals surface area (Å²) in [5, 5.41) is 15.0. The normalized spacial score (nSPS) is 30.4. The molecule has 4 rings (SSSR count). The number of hydrogen-bond donors (Lipinski definition) is 3. The molecule has 9 heteroatoms. The first-order valence-electron chi connectivity index (χ1n) is 13.2. The van der Waals surface area contributed by atoms with Crippen molar-refractivity contribution >= 4 is 23.4 Å². The summed E-state index contributed by atoms with van der Waals surface area (Å²) in [7, 11) is 1.58. The zero-order valence-corrected chi connectivity index (χ0v) is 21.5. The number of nitrogens with one attached hydrogen (secondary N) is 2. The van der Waals surface area contributed by atoms with Crippen molar-refractivity contribution < 1.29 is 29.0 Å². The smallest absolute Gasteiger partial charge is 0.250 e. The fraction of sp³-hybridized carbons (Fsp3) is 0.667. The summed E-state index contributed by atoms with van der Waals surface area (Å²) >= 11 is 0. The zero-order chi connectivity index (χ0) is 25.9. The van der Waals surface area contributed by atoms with E-state index in [1.807, 2.05) is 13.8 Å². The molecule has 3 amide bonds. The molecule has 3 saturated heterocycles. The molecule has 3 fully saturated rings. The number of amides is 3. The van der Waals surface area contributed by atoms with Gasteiger partial charge >= 0.3 is 0 Å². The summed E-state index contributed by atoms with van der Waals surface area (Å²) in [6, 6.07) is 6.24. The van der Waals surface area contributed by atoms with Crippen molar-refractivity contribution in [1.29, 1.82) is 0 Å². The van der Waals surface area contributed by atoms with E-state index in [0.717, 1.165) is 19.3 Å². The minimum Gasteiger partial charge on any atom is -0.497 e. The molecule has 3 aliphatic rings. The minimum atomic E-state index is -1.03. The third-order valence-electron chi connectivity index (χ3n) is 8.02. The Bertz CT molecular complexity index is 969. The molecule has 2 bridgehead atoms. The number of benzene rings is 1. The lowest BCUT2D eigenvalue weighted by Crippen LogP contribution is -2.53. The number of fused-ring (bicyclic) bond motifs is 1. The van der Waals surface area contributed by atoms with Gasteiger partial charge in [0.25, 0.3) is 0 Å². The summed E-state index contributed by atoms with van der Waals surface area (Å²) in [6.45, 7) is 4.98. The van der Waals surface area contributed by atoms with E-state index in [9.17, 15) is 14.4 Å². The highest BCUT2D eigenvalue weighted by Crippen LogP contribution is 2.63. The molecule has 9 nitrogen and oxygen atoms in total. The second-order valence-corrected chi connectivity index (χ2v) is 10.4. The van der Waals surface area contributed by atoms with Gasteiger partial charge in [0.05, 0.1) is 24.5 Å². The van der Waals surface area contributed by atoms with Gasteiger partial charge in [0.1, 0.15) is 17.4 Å². The number of anilines is 1. The highest BCUT2D eigenvalue weighted by molar-refractivity contribution is 6.03. The predicted octanol–water partition coefficient (Wildman–Crippen LogP) is 2.48. The fourth-order valence-electron chi connectivity index (χ4n) is 6.36. The molecular weight excluding hydrogens is 462 g/mol. The zero-order valence-electron chi connectivity index (χ0n) is 21.5. The third kappa shape index (κ3) is 4.59. The molecule has 1 aromatic carbocycles. The van der Waals surface area contributed by atoms with Crippen molar-refractivity contribution in [3.63, 3.8) is 0 Å². The Morgan fingerprint density at radius 2 is 1.86 bits per heavy atom. The molecule has 3 heterocycles. The van der Waals surface area contributed by atoms with Crippen LogP contribution in [0, 0.1) is 11.8 Å². The van der Waals surface area contributed by atoms with Gasteiger partial charge in [-0.1, -0.05) is 19.8 Å². The molecule has 3 aliphatic heterocycles. The van der Waals surface area contributed by atoms with Crippen LogP contribution in [0.15, 0.2) is 24.3 Å². The lowest BCUT2D eigenvalue weighted by molar-refractivity contribution is -0.144. The molecule has 2 unspecified atom stereocenters. The van der Waals surface area contributed by atoms with E-state index in [1.165, 1.54) is 0 Å². The highest BCUT2D eigenvalue weighted by atomic mass is 16.5. The molecule has 198 valence electrons. The Labute approximate surface area is 212 Å². The van der Waals surface area contributed by atoms with Gasteiger partial charge in [-0.25, -0.2) is 0 Å². The molecule has 0 radical (unpaired) electrons. The van der Waals surface area contributed by atoms with Crippen LogP contribution in [0.25, 0.3) is 0 Å². The molecule has 0 aromatic heterocycles. The predicted molar refractivity (Wildman–Crippen MR) is 134 cm³/mol. The lowest BCUT2D eigenvalue weighted by Gasteiger charge is -2.33. The number of unbranched alkanes of at least 4 members (excludes halogenated alkanes) is 3. The maximum atomic E-state index is 13.9. The Morgan fingerprint density at radius 3 is 2.53 bits per heavy atom. The van der Waals surface area contributed by atoms with E-state index in [0.29, 0.717) is 50.2 Å². The van der Waals surface area contributed by atoms with Gasteiger partial charge in [-0.05, 0) is 63.3 Å². The Kier molecular flexibility index (Phi) is 7.90. The number of hydrogen-bond acceptors (Lipinski definition) is 6. The number of nitrogens with zero attached hydrogens (tertiary/aromatic N) is 1. The first-order valence-corrected chi connectivity index (χ1v) is 13.2. The number of rotatable bonds is 12. The maximum absolute atomic E-state index is 13.9. The van der Waals surface area contributed by atoms with E-state index in [1.54, 1.807) is 36.3 Å². The molecule has 0 saturated carbocycles. The van der Waals surface area contributed by atoms with Crippen LogP contribution in [0.4, 0.5) is 5.69 Å². The van der Waals surface area contributed by atoms with E-state index in [-0.39, 0.29) is 24.3 Å². The van der Waals surface area contributed by atoms with Crippen molar-refractivity contribution in [2.24, 2.45) is 11.8 Å². The van der Waals surface area contributed by atoms with Gasteiger partial charge in [-0.15, -0.1) is 0 Å². The van der Waals surface area contributed by atoms with Crippen LogP contribution in [0.2, 0.25) is 0 Å². The molecule has 0 aliphatic carbocycles.